The average molecular weight is 256 g/mol. The minimum atomic E-state index is -0.343. The molecule has 0 bridgehead atoms. The number of methoxy groups -OCH3 is 1. The van der Waals surface area contributed by atoms with Crippen LogP contribution in [0.2, 0.25) is 0 Å². The smallest absolute Gasteiger partial charge is 0.324 e. The second-order valence-corrected chi connectivity index (χ2v) is 5.39. The Morgan fingerprint density at radius 1 is 1.59 bits per heavy atom. The maximum Gasteiger partial charge on any atom is 0.324 e. The molecule has 0 radical (unpaired) electrons. The van der Waals surface area contributed by atoms with E-state index in [1.54, 1.807) is 13.2 Å². The molecule has 5 nitrogen and oxygen atoms in total. The lowest BCUT2D eigenvalue weighted by Gasteiger charge is -2.11. The lowest BCUT2D eigenvalue weighted by Crippen LogP contribution is -2.26. The zero-order valence-corrected chi connectivity index (χ0v) is 10.5. The predicted molar refractivity (Wildman–Crippen MR) is 66.2 cm³/mol. The summed E-state index contributed by atoms with van der Waals surface area (Å²) in [5, 5.41) is 14.2. The Hall–Kier alpha value is -0.980. The first-order chi connectivity index (χ1) is 8.19. The van der Waals surface area contributed by atoms with E-state index in [0.717, 1.165) is 24.1 Å². The number of nitro groups is 1. The van der Waals surface area contributed by atoms with Crippen molar-refractivity contribution in [2.75, 3.05) is 7.11 Å². The molecule has 1 aliphatic rings. The fraction of sp³-hybridized carbons (Fsp3) is 0.636. The van der Waals surface area contributed by atoms with E-state index in [2.05, 4.69) is 5.32 Å². The molecule has 1 heterocycles. The van der Waals surface area contributed by atoms with Gasteiger partial charge in [-0.3, -0.25) is 10.1 Å². The number of nitrogens with zero attached hydrogens (tertiary/aromatic N) is 1. The molecule has 1 aliphatic carbocycles. The molecule has 0 aromatic carbocycles. The minimum Gasteiger partial charge on any atom is -0.381 e. The van der Waals surface area contributed by atoms with Crippen LogP contribution in [0.15, 0.2) is 12.1 Å². The van der Waals surface area contributed by atoms with Crippen LogP contribution in [0.25, 0.3) is 0 Å². The lowest BCUT2D eigenvalue weighted by molar-refractivity contribution is -0.380. The highest BCUT2D eigenvalue weighted by atomic mass is 32.1. The maximum atomic E-state index is 10.5. The molecule has 1 aromatic heterocycles. The lowest BCUT2D eigenvalue weighted by atomic mass is 10.2. The summed E-state index contributed by atoms with van der Waals surface area (Å²) in [6, 6.07) is 3.86. The predicted octanol–water partition coefficient (Wildman–Crippen LogP) is 2.31. The minimum absolute atomic E-state index is 0.211. The number of nitrogens with one attached hydrogen (secondary N) is 1. The van der Waals surface area contributed by atoms with Crippen molar-refractivity contribution < 1.29 is 9.66 Å². The number of thiophene rings is 1. The largest absolute Gasteiger partial charge is 0.381 e. The maximum absolute atomic E-state index is 10.5. The third kappa shape index (κ3) is 3.24. The second kappa shape index (κ2) is 5.57. The van der Waals surface area contributed by atoms with E-state index < -0.39 is 0 Å². The Labute approximate surface area is 104 Å². The molecule has 17 heavy (non-hydrogen) atoms. The molecule has 1 saturated carbocycles. The van der Waals surface area contributed by atoms with Crippen molar-refractivity contribution in [3.63, 3.8) is 0 Å². The van der Waals surface area contributed by atoms with Gasteiger partial charge in [-0.05, 0) is 25.3 Å². The van der Waals surface area contributed by atoms with E-state index in [9.17, 15) is 10.1 Å². The van der Waals surface area contributed by atoms with Gasteiger partial charge < -0.3 is 10.1 Å². The van der Waals surface area contributed by atoms with Gasteiger partial charge in [0.2, 0.25) is 0 Å². The molecular formula is C11H16N2O3S. The van der Waals surface area contributed by atoms with E-state index in [-0.39, 0.29) is 9.92 Å². The Balaban J connectivity index is 1.80. The Kier molecular flexibility index (Phi) is 4.09. The highest BCUT2D eigenvalue weighted by Crippen LogP contribution is 2.25. The van der Waals surface area contributed by atoms with Crippen molar-refractivity contribution in [1.82, 2.24) is 5.32 Å². The Bertz CT molecular complexity index is 394. The van der Waals surface area contributed by atoms with E-state index in [1.807, 2.05) is 6.07 Å². The van der Waals surface area contributed by atoms with Crippen molar-refractivity contribution in [3.05, 3.63) is 27.1 Å². The molecule has 1 fully saturated rings. The molecule has 94 valence electrons. The van der Waals surface area contributed by atoms with Crippen LogP contribution in [0.4, 0.5) is 5.00 Å². The highest BCUT2D eigenvalue weighted by molar-refractivity contribution is 7.15. The Morgan fingerprint density at radius 2 is 2.41 bits per heavy atom. The van der Waals surface area contributed by atoms with Gasteiger partial charge in [-0.15, -0.1) is 0 Å². The molecule has 6 heteroatoms. The zero-order chi connectivity index (χ0) is 12.3. The molecule has 2 unspecified atom stereocenters. The van der Waals surface area contributed by atoms with Gasteiger partial charge in [-0.2, -0.15) is 0 Å². The van der Waals surface area contributed by atoms with Crippen LogP contribution in [-0.2, 0) is 11.3 Å². The van der Waals surface area contributed by atoms with Crippen molar-refractivity contribution in [2.24, 2.45) is 0 Å². The number of hydrogen-bond donors (Lipinski definition) is 1. The van der Waals surface area contributed by atoms with Gasteiger partial charge in [-0.25, -0.2) is 0 Å². The summed E-state index contributed by atoms with van der Waals surface area (Å²) >= 11 is 1.24. The van der Waals surface area contributed by atoms with Crippen molar-refractivity contribution >= 4 is 16.3 Å². The standard InChI is InChI=1S/C11H16N2O3S/c1-16-9-3-2-8(6-9)12-7-10-4-5-11(17-10)13(14)15/h4-5,8-9,12H,2-3,6-7H2,1H3. The van der Waals surface area contributed by atoms with Crippen LogP contribution in [-0.4, -0.2) is 24.2 Å². The van der Waals surface area contributed by atoms with Crippen molar-refractivity contribution in [3.8, 4) is 0 Å². The van der Waals surface area contributed by atoms with E-state index in [1.165, 1.54) is 11.3 Å². The van der Waals surface area contributed by atoms with E-state index >= 15 is 0 Å². The van der Waals surface area contributed by atoms with Gasteiger partial charge >= 0.3 is 5.00 Å². The van der Waals surface area contributed by atoms with Gasteiger partial charge in [0.25, 0.3) is 0 Å². The molecular weight excluding hydrogens is 240 g/mol. The first-order valence-electron chi connectivity index (χ1n) is 5.68. The summed E-state index contributed by atoms with van der Waals surface area (Å²) in [6.07, 6.45) is 3.61. The first kappa shape index (κ1) is 12.5. The molecule has 0 amide bonds. The fourth-order valence-corrected chi connectivity index (χ4v) is 2.92. The number of rotatable bonds is 5. The van der Waals surface area contributed by atoms with E-state index in [0.29, 0.717) is 18.7 Å². The number of hydrogen-bond acceptors (Lipinski definition) is 5. The van der Waals surface area contributed by atoms with Gasteiger partial charge in [0, 0.05) is 30.6 Å². The van der Waals surface area contributed by atoms with Crippen LogP contribution in [0.5, 0.6) is 0 Å². The highest BCUT2D eigenvalue weighted by Gasteiger charge is 2.24. The van der Waals surface area contributed by atoms with Gasteiger partial charge in [0.05, 0.1) is 11.0 Å². The van der Waals surface area contributed by atoms with Crippen molar-refractivity contribution in [1.29, 1.82) is 0 Å². The van der Waals surface area contributed by atoms with E-state index in [4.69, 9.17) is 4.74 Å². The molecule has 2 rings (SSSR count). The summed E-state index contributed by atoms with van der Waals surface area (Å²) in [4.78, 5) is 11.2. The monoisotopic (exact) mass is 256 g/mol. The SMILES string of the molecule is COC1CCC(NCc2ccc([N+](=O)[O-])s2)C1. The summed E-state index contributed by atoms with van der Waals surface area (Å²) in [5.41, 5.74) is 0. The van der Waals surface area contributed by atoms with Crippen LogP contribution in [0.3, 0.4) is 0 Å². The summed E-state index contributed by atoms with van der Waals surface area (Å²) in [7, 11) is 1.75. The summed E-state index contributed by atoms with van der Waals surface area (Å²) in [5.74, 6) is 0. The van der Waals surface area contributed by atoms with Gasteiger partial charge in [-0.1, -0.05) is 11.3 Å². The van der Waals surface area contributed by atoms with Crippen LogP contribution >= 0.6 is 11.3 Å². The third-order valence-corrected chi connectivity index (χ3v) is 4.15. The summed E-state index contributed by atoms with van der Waals surface area (Å²) in [6.45, 7) is 0.708. The Morgan fingerprint density at radius 3 is 3.00 bits per heavy atom. The first-order valence-corrected chi connectivity index (χ1v) is 6.50. The topological polar surface area (TPSA) is 64.4 Å². The zero-order valence-electron chi connectivity index (χ0n) is 9.72. The molecule has 0 spiro atoms. The second-order valence-electron chi connectivity index (χ2n) is 4.25. The average Bonchev–Trinajstić information content (AvgIpc) is 2.95. The molecule has 1 aromatic rings. The molecule has 0 aliphatic heterocycles. The number of ether oxygens (including phenoxy) is 1. The third-order valence-electron chi connectivity index (χ3n) is 3.11. The molecule has 1 N–H and O–H groups in total. The quantitative estimate of drug-likeness (QED) is 0.648. The van der Waals surface area contributed by atoms with Crippen molar-refractivity contribution in [2.45, 2.75) is 38.0 Å². The molecule has 0 saturated heterocycles. The van der Waals surface area contributed by atoms with Crippen LogP contribution in [0, 0.1) is 10.1 Å². The van der Waals surface area contributed by atoms with Crippen LogP contribution in [0.1, 0.15) is 24.1 Å². The van der Waals surface area contributed by atoms with Crippen LogP contribution < -0.4 is 5.32 Å². The fourth-order valence-electron chi connectivity index (χ4n) is 2.14. The normalized spacial score (nSPS) is 24.1. The van der Waals surface area contributed by atoms with Gasteiger partial charge in [0.1, 0.15) is 0 Å². The summed E-state index contributed by atoms with van der Waals surface area (Å²) < 4.78 is 5.30. The molecule has 2 atom stereocenters. The van der Waals surface area contributed by atoms with Gasteiger partial charge in [0.15, 0.2) is 0 Å².